The van der Waals surface area contributed by atoms with Crippen molar-refractivity contribution in [3.63, 3.8) is 0 Å². The minimum absolute atomic E-state index is 0.578. The summed E-state index contributed by atoms with van der Waals surface area (Å²) >= 11 is 0. The molecule has 0 saturated heterocycles. The predicted molar refractivity (Wildman–Crippen MR) is 71.3 cm³/mol. The van der Waals surface area contributed by atoms with Crippen molar-refractivity contribution < 1.29 is 0 Å². The summed E-state index contributed by atoms with van der Waals surface area (Å²) in [5.74, 6) is 2.78. The predicted octanol–water partition coefficient (Wildman–Crippen LogP) is 5.05. The van der Waals surface area contributed by atoms with Crippen LogP contribution in [0.5, 0.6) is 0 Å². The van der Waals surface area contributed by atoms with Crippen LogP contribution in [0.2, 0.25) is 0 Å². The van der Waals surface area contributed by atoms with Gasteiger partial charge in [0.25, 0.3) is 0 Å². The molecule has 0 spiro atoms. The summed E-state index contributed by atoms with van der Waals surface area (Å²) in [5, 5.41) is 0. The van der Waals surface area contributed by atoms with Gasteiger partial charge in [0, 0.05) is 0 Å². The molecule has 3 fully saturated rings. The Morgan fingerprint density at radius 2 is 2.06 bits per heavy atom. The molecule has 0 radical (unpaired) electrons. The normalized spacial score (nSPS) is 42.2. The lowest BCUT2D eigenvalue weighted by molar-refractivity contribution is -0.227. The van der Waals surface area contributed by atoms with Crippen molar-refractivity contribution in [3.05, 3.63) is 12.7 Å². The minimum Gasteiger partial charge on any atom is -0.103 e. The highest BCUT2D eigenvalue weighted by Gasteiger charge is 2.66. The molecule has 0 aliphatic heterocycles. The molecule has 3 saturated carbocycles. The van der Waals surface area contributed by atoms with Gasteiger partial charge >= 0.3 is 0 Å². The number of hydrogen-bond acceptors (Lipinski definition) is 0. The first-order valence-electron chi connectivity index (χ1n) is 7.11. The maximum absolute atomic E-state index is 3.96. The second-order valence-corrected chi connectivity index (χ2v) is 6.77. The van der Waals surface area contributed by atoms with E-state index in [-0.39, 0.29) is 0 Å². The van der Waals surface area contributed by atoms with Crippen LogP contribution < -0.4 is 0 Å². The van der Waals surface area contributed by atoms with E-state index in [1.807, 2.05) is 0 Å². The van der Waals surface area contributed by atoms with Crippen molar-refractivity contribution in [2.24, 2.45) is 28.6 Å². The van der Waals surface area contributed by atoms with E-state index in [0.29, 0.717) is 10.8 Å². The van der Waals surface area contributed by atoms with Crippen LogP contribution >= 0.6 is 0 Å². The molecule has 4 unspecified atom stereocenters. The van der Waals surface area contributed by atoms with Crippen molar-refractivity contribution in [3.8, 4) is 0 Å². The second kappa shape index (κ2) is 3.89. The molecule has 0 aromatic heterocycles. The Balaban J connectivity index is 2.30. The van der Waals surface area contributed by atoms with E-state index < -0.39 is 0 Å². The molecule has 0 nitrogen and oxygen atoms in total. The largest absolute Gasteiger partial charge is 0.103 e. The van der Waals surface area contributed by atoms with Gasteiger partial charge in [-0.1, -0.05) is 40.2 Å². The van der Waals surface area contributed by atoms with Gasteiger partial charge in [-0.3, -0.25) is 0 Å². The lowest BCUT2D eigenvalue weighted by Crippen LogP contribution is -2.64. The number of rotatable bonds is 4. The van der Waals surface area contributed by atoms with E-state index in [0.717, 1.165) is 17.8 Å². The van der Waals surface area contributed by atoms with E-state index in [1.54, 1.807) is 0 Å². The molecular weight excluding hydrogens is 192 g/mol. The molecule has 4 atom stereocenters. The Bertz CT molecular complexity index is 276. The quantitative estimate of drug-likeness (QED) is 0.581. The molecule has 92 valence electrons. The first-order chi connectivity index (χ1) is 7.50. The van der Waals surface area contributed by atoms with Crippen LogP contribution in [0.15, 0.2) is 12.7 Å². The van der Waals surface area contributed by atoms with Gasteiger partial charge in [-0.2, -0.15) is 0 Å². The molecule has 3 aliphatic carbocycles. The Kier molecular flexibility index (Phi) is 2.97. The summed E-state index contributed by atoms with van der Waals surface area (Å²) in [6, 6.07) is 0. The van der Waals surface area contributed by atoms with E-state index in [9.17, 15) is 0 Å². The second-order valence-electron chi connectivity index (χ2n) is 6.77. The fourth-order valence-corrected chi connectivity index (χ4v) is 5.22. The van der Waals surface area contributed by atoms with E-state index in [1.165, 1.54) is 32.1 Å². The SMILES string of the molecule is C=CCC(CC)C12CC(CCC1C)C2(C)C. The molecule has 0 aromatic rings. The molecule has 16 heavy (non-hydrogen) atoms. The molecule has 2 bridgehead atoms. The van der Waals surface area contributed by atoms with E-state index in [4.69, 9.17) is 0 Å². The number of fused-ring (bicyclic) bond motifs is 2. The summed E-state index contributed by atoms with van der Waals surface area (Å²) in [6.07, 6.45) is 9.12. The molecule has 0 aromatic carbocycles. The molecular formula is C16H28. The summed E-state index contributed by atoms with van der Waals surface area (Å²) < 4.78 is 0. The fourth-order valence-electron chi connectivity index (χ4n) is 5.22. The third kappa shape index (κ3) is 1.28. The summed E-state index contributed by atoms with van der Waals surface area (Å²) in [6.45, 7) is 13.9. The Labute approximate surface area is 102 Å². The van der Waals surface area contributed by atoms with Gasteiger partial charge in [0.1, 0.15) is 0 Å². The van der Waals surface area contributed by atoms with Gasteiger partial charge in [-0.05, 0) is 54.3 Å². The van der Waals surface area contributed by atoms with Crippen LogP contribution in [0.1, 0.15) is 59.8 Å². The highest BCUT2D eigenvalue weighted by atomic mass is 14.7. The van der Waals surface area contributed by atoms with Crippen LogP contribution in [0, 0.1) is 28.6 Å². The zero-order valence-corrected chi connectivity index (χ0v) is 11.6. The van der Waals surface area contributed by atoms with Crippen molar-refractivity contribution in [1.82, 2.24) is 0 Å². The monoisotopic (exact) mass is 220 g/mol. The molecule has 3 aliphatic rings. The average molecular weight is 220 g/mol. The van der Waals surface area contributed by atoms with Crippen molar-refractivity contribution >= 4 is 0 Å². The molecule has 3 rings (SSSR count). The van der Waals surface area contributed by atoms with Crippen molar-refractivity contribution in [1.29, 1.82) is 0 Å². The Morgan fingerprint density at radius 3 is 2.50 bits per heavy atom. The summed E-state index contributed by atoms with van der Waals surface area (Å²) in [4.78, 5) is 0. The lowest BCUT2D eigenvalue weighted by atomic mass is 9.33. The van der Waals surface area contributed by atoms with Crippen LogP contribution in [0.4, 0.5) is 0 Å². The van der Waals surface area contributed by atoms with E-state index >= 15 is 0 Å². The standard InChI is InChI=1S/C16H28/c1-6-8-13(7-2)16-11-14(15(16,4)5)10-9-12(16)3/h6,12-14H,1,7-11H2,2-5H3. The maximum Gasteiger partial charge on any atom is -0.0184 e. The van der Waals surface area contributed by atoms with Gasteiger partial charge in [0.05, 0.1) is 0 Å². The Hall–Kier alpha value is -0.260. The first kappa shape index (κ1) is 12.2. The Morgan fingerprint density at radius 1 is 1.38 bits per heavy atom. The van der Waals surface area contributed by atoms with Crippen LogP contribution in [-0.4, -0.2) is 0 Å². The molecule has 0 heterocycles. The zero-order chi connectivity index (χ0) is 12.0. The summed E-state index contributed by atoms with van der Waals surface area (Å²) in [5.41, 5.74) is 1.20. The zero-order valence-electron chi connectivity index (χ0n) is 11.6. The summed E-state index contributed by atoms with van der Waals surface area (Å²) in [7, 11) is 0. The maximum atomic E-state index is 3.96. The highest BCUT2D eigenvalue weighted by Crippen LogP contribution is 2.73. The molecule has 0 heteroatoms. The van der Waals surface area contributed by atoms with Crippen molar-refractivity contribution in [2.45, 2.75) is 59.8 Å². The van der Waals surface area contributed by atoms with Crippen LogP contribution in [-0.2, 0) is 0 Å². The third-order valence-electron chi connectivity index (χ3n) is 6.30. The third-order valence-corrected chi connectivity index (χ3v) is 6.30. The van der Waals surface area contributed by atoms with Crippen molar-refractivity contribution in [2.75, 3.05) is 0 Å². The molecule has 0 amide bonds. The fraction of sp³-hybridized carbons (Fsp3) is 0.875. The lowest BCUT2D eigenvalue weighted by Gasteiger charge is -2.71. The van der Waals surface area contributed by atoms with Gasteiger partial charge < -0.3 is 0 Å². The topological polar surface area (TPSA) is 0 Å². The van der Waals surface area contributed by atoms with Crippen LogP contribution in [0.25, 0.3) is 0 Å². The minimum atomic E-state index is 0.578. The molecule has 0 N–H and O–H groups in total. The first-order valence-corrected chi connectivity index (χ1v) is 7.11. The van der Waals surface area contributed by atoms with Gasteiger partial charge in [0.15, 0.2) is 0 Å². The smallest absolute Gasteiger partial charge is 0.0184 e. The number of allylic oxidation sites excluding steroid dienone is 1. The van der Waals surface area contributed by atoms with Crippen LogP contribution in [0.3, 0.4) is 0 Å². The highest BCUT2D eigenvalue weighted by molar-refractivity contribution is 5.15. The number of hydrogen-bond donors (Lipinski definition) is 0. The van der Waals surface area contributed by atoms with Gasteiger partial charge in [-0.25, -0.2) is 0 Å². The van der Waals surface area contributed by atoms with Gasteiger partial charge in [-0.15, -0.1) is 6.58 Å². The van der Waals surface area contributed by atoms with E-state index in [2.05, 4.69) is 40.3 Å². The van der Waals surface area contributed by atoms with Gasteiger partial charge in [0.2, 0.25) is 0 Å². The average Bonchev–Trinajstić information content (AvgIpc) is 2.26.